The van der Waals surface area contributed by atoms with Crippen LogP contribution in [0, 0.1) is 5.92 Å². The van der Waals surface area contributed by atoms with Crippen LogP contribution in [0.1, 0.15) is 36.5 Å². The molecular weight excluding hydrogens is 202 g/mol. The van der Waals surface area contributed by atoms with E-state index in [1.807, 2.05) is 0 Å². The van der Waals surface area contributed by atoms with Crippen molar-refractivity contribution < 1.29 is 4.79 Å². The number of carbonyl (C=O) groups excluding carboxylic acids is 1. The Morgan fingerprint density at radius 3 is 2.88 bits per heavy atom. The Kier molecular flexibility index (Phi) is 3.29. The third-order valence-corrected chi connectivity index (χ3v) is 2.77. The van der Waals surface area contributed by atoms with E-state index in [0.29, 0.717) is 11.5 Å². The van der Waals surface area contributed by atoms with Gasteiger partial charge in [-0.25, -0.2) is 5.43 Å². The van der Waals surface area contributed by atoms with Crippen LogP contribution in [0.25, 0.3) is 0 Å². The van der Waals surface area contributed by atoms with Crippen LogP contribution >= 0.6 is 0 Å². The maximum atomic E-state index is 11.6. The van der Waals surface area contributed by atoms with Gasteiger partial charge in [0.25, 0.3) is 5.91 Å². The van der Waals surface area contributed by atoms with Gasteiger partial charge in [0, 0.05) is 23.7 Å². The average molecular weight is 217 g/mol. The number of hydrazone groups is 1. The normalized spacial score (nSPS) is 22.3. The molecule has 1 unspecified atom stereocenters. The number of hydrogen-bond donors (Lipinski definition) is 1. The molecule has 0 spiro atoms. The highest BCUT2D eigenvalue weighted by Gasteiger charge is 2.16. The first-order valence-electron chi connectivity index (χ1n) is 5.51. The van der Waals surface area contributed by atoms with E-state index in [4.69, 9.17) is 0 Å². The van der Waals surface area contributed by atoms with Gasteiger partial charge in [0.15, 0.2) is 0 Å². The van der Waals surface area contributed by atoms with Crippen molar-refractivity contribution >= 4 is 11.6 Å². The molecule has 1 aromatic heterocycles. The van der Waals surface area contributed by atoms with Crippen molar-refractivity contribution in [2.75, 3.05) is 0 Å². The van der Waals surface area contributed by atoms with Gasteiger partial charge in [-0.3, -0.25) is 9.78 Å². The van der Waals surface area contributed by atoms with Crippen LogP contribution in [0.2, 0.25) is 0 Å². The summed E-state index contributed by atoms with van der Waals surface area (Å²) in [7, 11) is 0. The van der Waals surface area contributed by atoms with Gasteiger partial charge in [0.2, 0.25) is 0 Å². The summed E-state index contributed by atoms with van der Waals surface area (Å²) >= 11 is 0. The van der Waals surface area contributed by atoms with E-state index >= 15 is 0 Å². The van der Waals surface area contributed by atoms with Gasteiger partial charge >= 0.3 is 0 Å². The first kappa shape index (κ1) is 10.8. The average Bonchev–Trinajstić information content (AvgIpc) is 2.73. The van der Waals surface area contributed by atoms with Crippen molar-refractivity contribution in [1.29, 1.82) is 0 Å². The third kappa shape index (κ3) is 2.66. The fraction of sp³-hybridized carbons (Fsp3) is 0.417. The Morgan fingerprint density at radius 1 is 1.50 bits per heavy atom. The zero-order valence-corrected chi connectivity index (χ0v) is 9.31. The molecule has 1 aromatic rings. The van der Waals surface area contributed by atoms with Gasteiger partial charge in [-0.15, -0.1) is 0 Å². The minimum absolute atomic E-state index is 0.172. The molecule has 1 aliphatic carbocycles. The summed E-state index contributed by atoms with van der Waals surface area (Å²) < 4.78 is 0. The largest absolute Gasteiger partial charge is 0.271 e. The van der Waals surface area contributed by atoms with E-state index in [0.717, 1.165) is 18.6 Å². The van der Waals surface area contributed by atoms with Gasteiger partial charge in [0.05, 0.1) is 0 Å². The zero-order valence-electron chi connectivity index (χ0n) is 9.31. The predicted molar refractivity (Wildman–Crippen MR) is 62.2 cm³/mol. The predicted octanol–water partition coefficient (Wildman–Crippen LogP) is 1.99. The lowest BCUT2D eigenvalue weighted by Crippen LogP contribution is -2.19. The van der Waals surface area contributed by atoms with Crippen molar-refractivity contribution in [3.63, 3.8) is 0 Å². The zero-order chi connectivity index (χ0) is 11.4. The second-order valence-corrected chi connectivity index (χ2v) is 4.20. The number of hydrogen-bond acceptors (Lipinski definition) is 3. The van der Waals surface area contributed by atoms with Gasteiger partial charge in [-0.05, 0) is 37.3 Å². The van der Waals surface area contributed by atoms with E-state index in [1.54, 1.807) is 24.5 Å². The third-order valence-electron chi connectivity index (χ3n) is 2.77. The number of pyridine rings is 1. The van der Waals surface area contributed by atoms with Gasteiger partial charge in [-0.2, -0.15) is 5.10 Å². The molecule has 16 heavy (non-hydrogen) atoms. The first-order chi connectivity index (χ1) is 7.75. The van der Waals surface area contributed by atoms with Crippen LogP contribution < -0.4 is 5.43 Å². The van der Waals surface area contributed by atoms with Gasteiger partial charge in [-0.1, -0.05) is 6.92 Å². The number of amides is 1. The molecule has 1 saturated carbocycles. The lowest BCUT2D eigenvalue weighted by atomic mass is 10.1. The van der Waals surface area contributed by atoms with E-state index in [2.05, 4.69) is 22.4 Å². The molecule has 1 heterocycles. The van der Waals surface area contributed by atoms with Crippen LogP contribution in [0.15, 0.2) is 29.6 Å². The van der Waals surface area contributed by atoms with Crippen LogP contribution in [-0.4, -0.2) is 16.6 Å². The van der Waals surface area contributed by atoms with Crippen molar-refractivity contribution in [3.8, 4) is 0 Å². The summed E-state index contributed by atoms with van der Waals surface area (Å²) in [6.45, 7) is 2.20. The highest BCUT2D eigenvalue weighted by molar-refractivity contribution is 5.95. The number of aromatic nitrogens is 1. The molecule has 0 bridgehead atoms. The maximum absolute atomic E-state index is 11.6. The van der Waals surface area contributed by atoms with Crippen molar-refractivity contribution in [1.82, 2.24) is 10.4 Å². The summed E-state index contributed by atoms with van der Waals surface area (Å²) in [6, 6.07) is 3.35. The van der Waals surface area contributed by atoms with Crippen molar-refractivity contribution in [2.24, 2.45) is 11.0 Å². The molecule has 0 saturated heterocycles. The summed E-state index contributed by atoms with van der Waals surface area (Å²) in [5.41, 5.74) is 4.26. The summed E-state index contributed by atoms with van der Waals surface area (Å²) in [4.78, 5) is 15.5. The number of carbonyl (C=O) groups is 1. The first-order valence-corrected chi connectivity index (χ1v) is 5.51. The summed E-state index contributed by atoms with van der Waals surface area (Å²) in [5.74, 6) is 0.519. The molecule has 2 rings (SSSR count). The van der Waals surface area contributed by atoms with Crippen LogP contribution in [0.5, 0.6) is 0 Å². The molecule has 0 aromatic carbocycles. The molecule has 1 N–H and O–H groups in total. The Bertz CT molecular complexity index is 400. The number of nitrogens with zero attached hydrogens (tertiary/aromatic N) is 2. The Balaban J connectivity index is 1.94. The highest BCUT2D eigenvalue weighted by Crippen LogP contribution is 2.21. The molecule has 84 valence electrons. The molecule has 1 atom stereocenters. The topological polar surface area (TPSA) is 54.4 Å². The fourth-order valence-corrected chi connectivity index (χ4v) is 1.82. The van der Waals surface area contributed by atoms with Crippen LogP contribution in [0.4, 0.5) is 0 Å². The quantitative estimate of drug-likeness (QED) is 0.770. The van der Waals surface area contributed by atoms with Gasteiger partial charge < -0.3 is 0 Å². The second-order valence-electron chi connectivity index (χ2n) is 4.20. The molecule has 0 aliphatic heterocycles. The monoisotopic (exact) mass is 217 g/mol. The van der Waals surface area contributed by atoms with Crippen molar-refractivity contribution in [2.45, 2.75) is 26.2 Å². The summed E-state index contributed by atoms with van der Waals surface area (Å²) in [5, 5.41) is 4.15. The van der Waals surface area contributed by atoms with Crippen LogP contribution in [-0.2, 0) is 0 Å². The lowest BCUT2D eigenvalue weighted by molar-refractivity contribution is 0.0954. The lowest BCUT2D eigenvalue weighted by Gasteiger charge is -2.00. The van der Waals surface area contributed by atoms with E-state index in [1.165, 1.54) is 6.42 Å². The van der Waals surface area contributed by atoms with Gasteiger partial charge in [0.1, 0.15) is 0 Å². The SMILES string of the molecule is CC1CC/C(=N\NC(=O)c2ccncc2)C1. The fourth-order valence-electron chi connectivity index (χ4n) is 1.82. The Labute approximate surface area is 94.8 Å². The second kappa shape index (κ2) is 4.88. The van der Waals surface area contributed by atoms with E-state index in [-0.39, 0.29) is 5.91 Å². The smallest absolute Gasteiger partial charge is 0.267 e. The molecule has 0 radical (unpaired) electrons. The summed E-state index contributed by atoms with van der Waals surface area (Å²) in [6.07, 6.45) is 6.36. The minimum atomic E-state index is -0.172. The molecule has 1 amide bonds. The number of nitrogens with one attached hydrogen (secondary N) is 1. The molecule has 1 aliphatic rings. The molecule has 4 heteroatoms. The minimum Gasteiger partial charge on any atom is -0.267 e. The van der Waals surface area contributed by atoms with E-state index in [9.17, 15) is 4.79 Å². The van der Waals surface area contributed by atoms with Crippen molar-refractivity contribution in [3.05, 3.63) is 30.1 Å². The Hall–Kier alpha value is -1.71. The standard InChI is InChI=1S/C12H15N3O/c1-9-2-3-11(8-9)14-15-12(16)10-4-6-13-7-5-10/h4-7,9H,2-3,8H2,1H3,(H,15,16)/b14-11+. The van der Waals surface area contributed by atoms with Crippen LogP contribution in [0.3, 0.4) is 0 Å². The number of rotatable bonds is 2. The molecular formula is C12H15N3O. The maximum Gasteiger partial charge on any atom is 0.271 e. The highest BCUT2D eigenvalue weighted by atomic mass is 16.2. The molecule has 1 fully saturated rings. The molecule has 4 nitrogen and oxygen atoms in total. The van der Waals surface area contributed by atoms with E-state index < -0.39 is 0 Å². The Morgan fingerprint density at radius 2 is 2.25 bits per heavy atom.